The van der Waals surface area contributed by atoms with Crippen LogP contribution >= 0.6 is 0 Å². The Balaban J connectivity index is 2.06. The lowest BCUT2D eigenvalue weighted by Crippen LogP contribution is -2.22. The van der Waals surface area contributed by atoms with E-state index < -0.39 is 0 Å². The average molecular weight is 205 g/mol. The summed E-state index contributed by atoms with van der Waals surface area (Å²) in [4.78, 5) is 15.7. The van der Waals surface area contributed by atoms with Crippen molar-refractivity contribution in [2.45, 2.75) is 25.8 Å². The predicted molar refractivity (Wildman–Crippen MR) is 58.9 cm³/mol. The Morgan fingerprint density at radius 1 is 1.60 bits per heavy atom. The maximum absolute atomic E-state index is 11.5. The number of carbonyl (C=O) groups is 1. The Bertz CT molecular complexity index is 361. The monoisotopic (exact) mass is 205 g/mol. The van der Waals surface area contributed by atoms with Gasteiger partial charge in [-0.25, -0.2) is 4.98 Å². The minimum atomic E-state index is -0.0428. The summed E-state index contributed by atoms with van der Waals surface area (Å²) in [7, 11) is 0. The van der Waals surface area contributed by atoms with Crippen LogP contribution in [-0.4, -0.2) is 23.5 Å². The molecule has 1 aromatic rings. The van der Waals surface area contributed by atoms with Crippen LogP contribution in [-0.2, 0) is 0 Å². The summed E-state index contributed by atoms with van der Waals surface area (Å²) >= 11 is 0. The van der Waals surface area contributed by atoms with Crippen LogP contribution in [0.25, 0.3) is 0 Å². The second kappa shape index (κ2) is 4.29. The summed E-state index contributed by atoms with van der Waals surface area (Å²) < 4.78 is 0. The molecular weight excluding hydrogens is 190 g/mol. The van der Waals surface area contributed by atoms with E-state index in [1.807, 2.05) is 6.92 Å². The summed E-state index contributed by atoms with van der Waals surface area (Å²) in [5, 5.41) is 6.03. The first-order valence-electron chi connectivity index (χ1n) is 5.30. The number of pyridine rings is 1. The third-order valence-corrected chi connectivity index (χ3v) is 2.29. The molecule has 1 saturated carbocycles. The highest BCUT2D eigenvalue weighted by molar-refractivity contribution is 5.94. The van der Waals surface area contributed by atoms with Gasteiger partial charge < -0.3 is 10.6 Å². The Hall–Kier alpha value is -1.58. The number of hydrogen-bond acceptors (Lipinski definition) is 3. The zero-order valence-corrected chi connectivity index (χ0v) is 8.79. The van der Waals surface area contributed by atoms with Gasteiger partial charge in [-0.2, -0.15) is 0 Å². The lowest BCUT2D eigenvalue weighted by atomic mass is 10.2. The smallest absolute Gasteiger partial charge is 0.251 e. The summed E-state index contributed by atoms with van der Waals surface area (Å²) in [6.45, 7) is 2.55. The lowest BCUT2D eigenvalue weighted by Gasteiger charge is -2.05. The van der Waals surface area contributed by atoms with Gasteiger partial charge in [0.25, 0.3) is 5.91 Å². The molecule has 1 aliphatic carbocycles. The van der Waals surface area contributed by atoms with Crippen LogP contribution in [0, 0.1) is 0 Å². The normalized spacial score (nSPS) is 14.7. The van der Waals surface area contributed by atoms with Crippen molar-refractivity contribution >= 4 is 11.7 Å². The van der Waals surface area contributed by atoms with Gasteiger partial charge >= 0.3 is 0 Å². The number of nitrogens with one attached hydrogen (secondary N) is 2. The van der Waals surface area contributed by atoms with E-state index in [2.05, 4.69) is 15.6 Å². The van der Waals surface area contributed by atoms with Crippen LogP contribution in [0.5, 0.6) is 0 Å². The molecule has 0 saturated heterocycles. The molecule has 0 bridgehead atoms. The van der Waals surface area contributed by atoms with Gasteiger partial charge in [-0.1, -0.05) is 0 Å². The fourth-order valence-corrected chi connectivity index (χ4v) is 1.35. The highest BCUT2D eigenvalue weighted by atomic mass is 16.1. The van der Waals surface area contributed by atoms with E-state index in [0.29, 0.717) is 18.2 Å². The Morgan fingerprint density at radius 3 is 3.07 bits per heavy atom. The number of anilines is 1. The number of aromatic nitrogens is 1. The van der Waals surface area contributed by atoms with Crippen molar-refractivity contribution in [1.29, 1.82) is 0 Å². The molecule has 1 fully saturated rings. The minimum Gasteiger partial charge on any atom is -0.367 e. The number of rotatable bonds is 4. The molecule has 1 amide bonds. The molecule has 0 unspecified atom stereocenters. The van der Waals surface area contributed by atoms with Crippen molar-refractivity contribution in [1.82, 2.24) is 10.3 Å². The van der Waals surface area contributed by atoms with E-state index in [4.69, 9.17) is 0 Å². The van der Waals surface area contributed by atoms with E-state index in [0.717, 1.165) is 5.82 Å². The first-order valence-corrected chi connectivity index (χ1v) is 5.30. The van der Waals surface area contributed by atoms with Crippen LogP contribution in [0.3, 0.4) is 0 Å². The minimum absolute atomic E-state index is 0.0428. The van der Waals surface area contributed by atoms with Crippen LogP contribution in [0.2, 0.25) is 0 Å². The maximum atomic E-state index is 11.5. The zero-order valence-electron chi connectivity index (χ0n) is 8.79. The van der Waals surface area contributed by atoms with Crippen LogP contribution in [0.1, 0.15) is 30.1 Å². The van der Waals surface area contributed by atoms with Gasteiger partial charge in [0.1, 0.15) is 5.82 Å². The fourth-order valence-electron chi connectivity index (χ4n) is 1.35. The molecular formula is C11H15N3O. The molecule has 2 N–H and O–H groups in total. The van der Waals surface area contributed by atoms with Crippen LogP contribution < -0.4 is 10.6 Å². The van der Waals surface area contributed by atoms with Crippen molar-refractivity contribution < 1.29 is 4.79 Å². The first kappa shape index (κ1) is 9.96. The van der Waals surface area contributed by atoms with Gasteiger partial charge in [-0.3, -0.25) is 4.79 Å². The molecule has 0 aromatic carbocycles. The second-order valence-corrected chi connectivity index (χ2v) is 3.71. The van der Waals surface area contributed by atoms with Crippen molar-refractivity contribution in [3.8, 4) is 0 Å². The number of nitrogens with zero attached hydrogens (tertiary/aromatic N) is 1. The Labute approximate surface area is 89.1 Å². The average Bonchev–Trinajstić information content (AvgIpc) is 3.03. The summed E-state index contributed by atoms with van der Waals surface area (Å²) in [6.07, 6.45) is 4.06. The quantitative estimate of drug-likeness (QED) is 0.781. The summed E-state index contributed by atoms with van der Waals surface area (Å²) in [6, 6.07) is 4.08. The molecule has 0 spiro atoms. The van der Waals surface area contributed by atoms with Crippen LogP contribution in [0.4, 0.5) is 5.82 Å². The molecule has 1 aromatic heterocycles. The van der Waals surface area contributed by atoms with Gasteiger partial charge in [-0.15, -0.1) is 0 Å². The number of hydrogen-bond donors (Lipinski definition) is 2. The van der Waals surface area contributed by atoms with Crippen molar-refractivity contribution in [2.75, 3.05) is 11.9 Å². The molecule has 0 radical (unpaired) electrons. The molecule has 2 rings (SSSR count). The van der Waals surface area contributed by atoms with Crippen molar-refractivity contribution in [3.05, 3.63) is 23.9 Å². The third-order valence-electron chi connectivity index (χ3n) is 2.29. The largest absolute Gasteiger partial charge is 0.367 e. The van der Waals surface area contributed by atoms with E-state index in [-0.39, 0.29) is 5.91 Å². The molecule has 80 valence electrons. The Kier molecular flexibility index (Phi) is 2.85. The van der Waals surface area contributed by atoms with Gasteiger partial charge in [-0.05, 0) is 31.9 Å². The van der Waals surface area contributed by atoms with E-state index >= 15 is 0 Å². The Morgan fingerprint density at radius 2 is 2.40 bits per heavy atom. The van der Waals surface area contributed by atoms with Gasteiger partial charge in [0.15, 0.2) is 0 Å². The zero-order chi connectivity index (χ0) is 10.7. The molecule has 4 heteroatoms. The molecule has 4 nitrogen and oxygen atoms in total. The maximum Gasteiger partial charge on any atom is 0.251 e. The van der Waals surface area contributed by atoms with Gasteiger partial charge in [0.05, 0.1) is 0 Å². The van der Waals surface area contributed by atoms with E-state index in [1.165, 1.54) is 12.8 Å². The molecule has 15 heavy (non-hydrogen) atoms. The van der Waals surface area contributed by atoms with Crippen molar-refractivity contribution in [3.63, 3.8) is 0 Å². The SMILES string of the molecule is CCNC(=O)c1ccnc(NC2CC2)c1. The molecule has 0 atom stereocenters. The predicted octanol–water partition coefficient (Wildman–Crippen LogP) is 1.41. The fraction of sp³-hybridized carbons (Fsp3) is 0.455. The van der Waals surface area contributed by atoms with Gasteiger partial charge in [0, 0.05) is 24.3 Å². The highest BCUT2D eigenvalue weighted by Gasteiger charge is 2.21. The number of carbonyl (C=O) groups excluding carboxylic acids is 1. The topological polar surface area (TPSA) is 54.0 Å². The molecule has 1 heterocycles. The van der Waals surface area contributed by atoms with Crippen LogP contribution in [0.15, 0.2) is 18.3 Å². The second-order valence-electron chi connectivity index (χ2n) is 3.71. The van der Waals surface area contributed by atoms with Crippen molar-refractivity contribution in [2.24, 2.45) is 0 Å². The molecule has 1 aliphatic rings. The summed E-state index contributed by atoms with van der Waals surface area (Å²) in [5.41, 5.74) is 0.662. The van der Waals surface area contributed by atoms with E-state index in [9.17, 15) is 4.79 Å². The highest BCUT2D eigenvalue weighted by Crippen LogP contribution is 2.23. The lowest BCUT2D eigenvalue weighted by molar-refractivity contribution is 0.0956. The first-order chi connectivity index (χ1) is 7.29. The standard InChI is InChI=1S/C11H15N3O/c1-2-12-11(15)8-5-6-13-10(7-8)14-9-3-4-9/h5-7,9H,2-4H2,1H3,(H,12,15)(H,13,14). The molecule has 0 aliphatic heterocycles. The number of amides is 1. The van der Waals surface area contributed by atoms with Gasteiger partial charge in [0.2, 0.25) is 0 Å². The third kappa shape index (κ3) is 2.68. The van der Waals surface area contributed by atoms with E-state index in [1.54, 1.807) is 18.3 Å². The summed E-state index contributed by atoms with van der Waals surface area (Å²) in [5.74, 6) is 0.750.